The molecule has 0 bridgehead atoms. The van der Waals surface area contributed by atoms with E-state index in [1.165, 1.54) is 56.3 Å². The smallest absolute Gasteiger partial charge is 0.0953 e. The van der Waals surface area contributed by atoms with Gasteiger partial charge in [0.2, 0.25) is 0 Å². The molecule has 0 aliphatic carbocycles. The molecule has 1 nitrogen and oxygen atoms in total. The van der Waals surface area contributed by atoms with Crippen LogP contribution in [0.15, 0.2) is 12.2 Å². The lowest BCUT2D eigenvalue weighted by Gasteiger charge is -2.01. The number of halogens is 1. The lowest BCUT2D eigenvalue weighted by atomic mass is 10.1. The van der Waals surface area contributed by atoms with Crippen molar-refractivity contribution in [2.24, 2.45) is 0 Å². The lowest BCUT2D eigenvalue weighted by molar-refractivity contribution is -0.851. The van der Waals surface area contributed by atoms with Crippen LogP contribution in [0.1, 0.15) is 58.3 Å². The van der Waals surface area contributed by atoms with Gasteiger partial charge in [-0.3, -0.25) is 0 Å². The van der Waals surface area contributed by atoms with Crippen LogP contribution in [0, 0.1) is 0 Å². The molecule has 0 heterocycles. The normalized spacial score (nSPS) is 11.0. The second-order valence-electron chi connectivity index (χ2n) is 4.79. The molecule has 0 saturated heterocycles. The van der Waals surface area contributed by atoms with Crippen LogP contribution >= 0.6 is 0 Å². The van der Waals surface area contributed by atoms with Crippen molar-refractivity contribution >= 4 is 0 Å². The van der Waals surface area contributed by atoms with Gasteiger partial charge in [0, 0.05) is 0 Å². The van der Waals surface area contributed by atoms with Crippen LogP contribution in [0.2, 0.25) is 0 Å². The summed E-state index contributed by atoms with van der Waals surface area (Å²) in [6, 6.07) is 0. The largest absolute Gasteiger partial charge is 1.00 e. The first-order valence-electron chi connectivity index (χ1n) is 6.71. The SMILES string of the molecule is CCCCCCCCC/C=C/C[NH+](C)C.[Br-]. The molecule has 2 heteroatoms. The molecule has 0 saturated carbocycles. The summed E-state index contributed by atoms with van der Waals surface area (Å²) >= 11 is 0. The van der Waals surface area contributed by atoms with Crippen molar-refractivity contribution in [3.8, 4) is 0 Å². The zero-order valence-electron chi connectivity index (χ0n) is 11.4. The van der Waals surface area contributed by atoms with E-state index in [9.17, 15) is 0 Å². The third kappa shape index (κ3) is 16.6. The molecule has 0 aliphatic rings. The summed E-state index contributed by atoms with van der Waals surface area (Å²) in [4.78, 5) is 1.51. The van der Waals surface area contributed by atoms with Crippen molar-refractivity contribution < 1.29 is 21.9 Å². The third-order valence-electron chi connectivity index (χ3n) is 2.67. The van der Waals surface area contributed by atoms with Crippen molar-refractivity contribution in [3.63, 3.8) is 0 Å². The minimum absolute atomic E-state index is 0. The maximum atomic E-state index is 2.35. The van der Waals surface area contributed by atoms with E-state index in [2.05, 4.69) is 33.2 Å². The van der Waals surface area contributed by atoms with Gasteiger partial charge in [0.1, 0.15) is 0 Å². The molecule has 0 amide bonds. The molecule has 16 heavy (non-hydrogen) atoms. The summed E-state index contributed by atoms with van der Waals surface area (Å²) in [7, 11) is 4.39. The third-order valence-corrected chi connectivity index (χ3v) is 2.67. The molecule has 0 aromatic rings. The number of allylic oxidation sites excluding steroid dienone is 1. The van der Waals surface area contributed by atoms with E-state index in [-0.39, 0.29) is 17.0 Å². The number of hydrogen-bond acceptors (Lipinski definition) is 0. The average Bonchev–Trinajstić information content (AvgIpc) is 2.20. The summed E-state index contributed by atoms with van der Waals surface area (Å²) in [5, 5.41) is 0. The zero-order chi connectivity index (χ0) is 11.4. The Bertz CT molecular complexity index is 144. The van der Waals surface area contributed by atoms with Crippen LogP contribution in [0.25, 0.3) is 0 Å². The Labute approximate surface area is 113 Å². The summed E-state index contributed by atoms with van der Waals surface area (Å²) < 4.78 is 0. The maximum Gasteiger partial charge on any atom is 0.0953 e. The van der Waals surface area contributed by atoms with Gasteiger partial charge in [-0.05, 0) is 18.9 Å². The predicted molar refractivity (Wildman–Crippen MR) is 69.4 cm³/mol. The number of likely N-dealkylation sites (N-methyl/N-ethyl adjacent to an activating group) is 1. The van der Waals surface area contributed by atoms with Gasteiger partial charge in [0.05, 0.1) is 20.6 Å². The van der Waals surface area contributed by atoms with Gasteiger partial charge < -0.3 is 21.9 Å². The topological polar surface area (TPSA) is 4.44 Å². The van der Waals surface area contributed by atoms with Gasteiger partial charge >= 0.3 is 0 Å². The molecular formula is C14H30BrN. The molecule has 98 valence electrons. The molecule has 0 aromatic carbocycles. The predicted octanol–water partition coefficient (Wildman–Crippen LogP) is -0.168. The van der Waals surface area contributed by atoms with Crippen LogP contribution in [0.4, 0.5) is 0 Å². The molecule has 0 atom stereocenters. The number of unbranched alkanes of at least 4 members (excludes halogenated alkanes) is 7. The first-order chi connectivity index (χ1) is 7.27. The summed E-state index contributed by atoms with van der Waals surface area (Å²) in [5.74, 6) is 0. The highest BCUT2D eigenvalue weighted by Gasteiger charge is 1.89. The quantitative estimate of drug-likeness (QED) is 0.421. The highest BCUT2D eigenvalue weighted by molar-refractivity contribution is 4.80. The van der Waals surface area contributed by atoms with Crippen molar-refractivity contribution in [1.82, 2.24) is 0 Å². The molecular weight excluding hydrogens is 262 g/mol. The first-order valence-corrected chi connectivity index (χ1v) is 6.71. The van der Waals surface area contributed by atoms with E-state index in [0.29, 0.717) is 0 Å². The Morgan fingerprint density at radius 1 is 0.812 bits per heavy atom. The molecule has 0 fully saturated rings. The fourth-order valence-corrected chi connectivity index (χ4v) is 1.66. The van der Waals surface area contributed by atoms with E-state index in [0.717, 1.165) is 6.54 Å². The lowest BCUT2D eigenvalue weighted by Crippen LogP contribution is -3.05. The van der Waals surface area contributed by atoms with Gasteiger partial charge in [-0.25, -0.2) is 0 Å². The Kier molecular flexibility index (Phi) is 17.6. The van der Waals surface area contributed by atoms with Crippen molar-refractivity contribution in [1.29, 1.82) is 0 Å². The van der Waals surface area contributed by atoms with Gasteiger partial charge in [-0.2, -0.15) is 0 Å². The second-order valence-corrected chi connectivity index (χ2v) is 4.79. The molecule has 0 aromatic heterocycles. The van der Waals surface area contributed by atoms with Gasteiger partial charge in [-0.15, -0.1) is 0 Å². The van der Waals surface area contributed by atoms with Gasteiger partial charge in [-0.1, -0.05) is 51.5 Å². The molecule has 0 spiro atoms. The Morgan fingerprint density at radius 3 is 1.94 bits per heavy atom. The Hall–Kier alpha value is 0.180. The molecule has 0 rings (SSSR count). The second kappa shape index (κ2) is 15.2. The fraction of sp³-hybridized carbons (Fsp3) is 0.857. The number of nitrogens with one attached hydrogen (secondary N) is 1. The molecule has 0 unspecified atom stereocenters. The Morgan fingerprint density at radius 2 is 1.38 bits per heavy atom. The van der Waals surface area contributed by atoms with E-state index in [1.807, 2.05) is 0 Å². The van der Waals surface area contributed by atoms with Crippen LogP contribution in [0.3, 0.4) is 0 Å². The van der Waals surface area contributed by atoms with Gasteiger partial charge in [0.25, 0.3) is 0 Å². The summed E-state index contributed by atoms with van der Waals surface area (Å²) in [6.07, 6.45) is 15.8. The zero-order valence-corrected chi connectivity index (χ0v) is 13.0. The standard InChI is InChI=1S/C14H29N.BrH/c1-4-5-6-7-8-9-10-11-12-13-14-15(2)3;/h12-13H,4-11,14H2,1-3H3;1H/b13-12+;. The molecule has 0 radical (unpaired) electrons. The van der Waals surface area contributed by atoms with Crippen molar-refractivity contribution in [2.75, 3.05) is 20.6 Å². The minimum Gasteiger partial charge on any atom is -1.00 e. The fourth-order valence-electron chi connectivity index (χ4n) is 1.66. The highest BCUT2D eigenvalue weighted by Crippen LogP contribution is 2.08. The van der Waals surface area contributed by atoms with Crippen molar-refractivity contribution in [3.05, 3.63) is 12.2 Å². The number of hydrogen-bond donors (Lipinski definition) is 1. The van der Waals surface area contributed by atoms with Crippen LogP contribution in [-0.2, 0) is 0 Å². The maximum absolute atomic E-state index is 2.35. The van der Waals surface area contributed by atoms with Gasteiger partial charge in [0.15, 0.2) is 0 Å². The van der Waals surface area contributed by atoms with E-state index in [1.54, 1.807) is 0 Å². The minimum atomic E-state index is 0. The van der Waals surface area contributed by atoms with Crippen molar-refractivity contribution in [2.45, 2.75) is 58.3 Å². The van der Waals surface area contributed by atoms with E-state index < -0.39 is 0 Å². The molecule has 1 N–H and O–H groups in total. The Balaban J connectivity index is 0. The van der Waals surface area contributed by atoms with E-state index >= 15 is 0 Å². The number of quaternary nitrogens is 1. The van der Waals surface area contributed by atoms with Crippen LogP contribution in [-0.4, -0.2) is 20.6 Å². The monoisotopic (exact) mass is 291 g/mol. The number of rotatable bonds is 10. The average molecular weight is 292 g/mol. The highest BCUT2D eigenvalue weighted by atomic mass is 79.9. The summed E-state index contributed by atoms with van der Waals surface area (Å²) in [6.45, 7) is 3.44. The molecule has 0 aliphatic heterocycles. The van der Waals surface area contributed by atoms with Crippen LogP contribution < -0.4 is 21.9 Å². The van der Waals surface area contributed by atoms with Crippen LogP contribution in [0.5, 0.6) is 0 Å². The first kappa shape index (κ1) is 18.5. The van der Waals surface area contributed by atoms with E-state index in [4.69, 9.17) is 0 Å². The summed E-state index contributed by atoms with van der Waals surface area (Å²) in [5.41, 5.74) is 0.